The Hall–Kier alpha value is -3.27. The van der Waals surface area contributed by atoms with Gasteiger partial charge in [-0.3, -0.25) is 4.79 Å². The van der Waals surface area contributed by atoms with Crippen molar-refractivity contribution in [3.8, 4) is 0 Å². The second-order valence-corrected chi connectivity index (χ2v) is 5.24. The van der Waals surface area contributed by atoms with E-state index < -0.39 is 0 Å². The maximum atomic E-state index is 12.1. The summed E-state index contributed by atoms with van der Waals surface area (Å²) in [4.78, 5) is 21.0. The number of nitrogens with zero attached hydrogens (tertiary/aromatic N) is 2. The number of amides is 1. The largest absolute Gasteiger partial charge is 0.305 e. The Morgan fingerprint density at radius 2 is 1.65 bits per heavy atom. The number of hydrogen-bond donors (Lipinski definition) is 1. The minimum atomic E-state index is -0.209. The number of carbonyl (C=O) groups excluding carboxylic acids is 1. The van der Waals surface area contributed by atoms with E-state index in [-0.39, 0.29) is 5.91 Å². The molecule has 0 atom stereocenters. The van der Waals surface area contributed by atoms with E-state index in [9.17, 15) is 4.79 Å². The average molecular weight is 299 g/mol. The van der Waals surface area contributed by atoms with Gasteiger partial charge in [-0.15, -0.1) is 0 Å². The number of nitrogens with one attached hydrogen (secondary N) is 1. The Kier molecular flexibility index (Phi) is 3.20. The predicted molar refractivity (Wildman–Crippen MR) is 90.8 cm³/mol. The lowest BCUT2D eigenvalue weighted by atomic mass is 10.2. The van der Waals surface area contributed by atoms with Gasteiger partial charge in [-0.25, -0.2) is 9.98 Å². The van der Waals surface area contributed by atoms with Crippen molar-refractivity contribution < 1.29 is 4.79 Å². The number of amidine groups is 1. The minimum absolute atomic E-state index is 0.209. The van der Waals surface area contributed by atoms with Gasteiger partial charge in [0.2, 0.25) is 0 Å². The van der Waals surface area contributed by atoms with E-state index in [0.717, 1.165) is 16.5 Å². The van der Waals surface area contributed by atoms with Crippen molar-refractivity contribution in [3.05, 3.63) is 83.7 Å². The molecule has 0 spiro atoms. The molecule has 2 aromatic carbocycles. The molecule has 1 aliphatic rings. The Morgan fingerprint density at radius 1 is 0.870 bits per heavy atom. The van der Waals surface area contributed by atoms with Crippen molar-refractivity contribution in [2.45, 2.75) is 0 Å². The molecule has 110 valence electrons. The number of benzene rings is 2. The summed E-state index contributed by atoms with van der Waals surface area (Å²) in [5.41, 5.74) is 2.86. The molecule has 1 aromatic heterocycles. The van der Waals surface area contributed by atoms with Crippen LogP contribution in [-0.4, -0.2) is 16.7 Å². The van der Waals surface area contributed by atoms with E-state index >= 15 is 0 Å². The monoisotopic (exact) mass is 299 g/mol. The summed E-state index contributed by atoms with van der Waals surface area (Å²) < 4.78 is 0. The van der Waals surface area contributed by atoms with Crippen molar-refractivity contribution in [1.29, 1.82) is 0 Å². The van der Waals surface area contributed by atoms with Gasteiger partial charge in [0.15, 0.2) is 0 Å². The standard InChI is InChI=1S/C19H13N3O/c23-19-17(21-18(22-19)14-7-2-1-3-8-14)12-15-11-10-13-6-4-5-9-16(13)20-15/h1-12H,(H,21,22,23). The van der Waals surface area contributed by atoms with Crippen molar-refractivity contribution >= 4 is 28.7 Å². The first-order valence-electron chi connectivity index (χ1n) is 7.32. The normalized spacial score (nSPS) is 15.7. The molecular formula is C19H13N3O. The third-order valence-electron chi connectivity index (χ3n) is 3.65. The van der Waals surface area contributed by atoms with E-state index in [1.165, 1.54) is 0 Å². The summed E-state index contributed by atoms with van der Waals surface area (Å²) in [6.07, 6.45) is 1.71. The van der Waals surface area contributed by atoms with Gasteiger partial charge >= 0.3 is 0 Å². The Morgan fingerprint density at radius 3 is 2.52 bits per heavy atom. The van der Waals surface area contributed by atoms with Gasteiger partial charge in [0.05, 0.1) is 11.2 Å². The quantitative estimate of drug-likeness (QED) is 0.739. The van der Waals surface area contributed by atoms with Crippen LogP contribution in [0.3, 0.4) is 0 Å². The maximum absolute atomic E-state index is 12.1. The van der Waals surface area contributed by atoms with Crippen LogP contribution >= 0.6 is 0 Å². The first kappa shape index (κ1) is 13.4. The van der Waals surface area contributed by atoms with Crippen LogP contribution in [0.2, 0.25) is 0 Å². The van der Waals surface area contributed by atoms with Crippen LogP contribution in [0.1, 0.15) is 11.3 Å². The van der Waals surface area contributed by atoms with E-state index in [0.29, 0.717) is 17.2 Å². The molecule has 2 heterocycles. The van der Waals surface area contributed by atoms with Crippen LogP contribution in [0, 0.1) is 0 Å². The average Bonchev–Trinajstić information content (AvgIpc) is 2.96. The maximum Gasteiger partial charge on any atom is 0.275 e. The molecule has 1 aliphatic heterocycles. The number of rotatable bonds is 2. The summed E-state index contributed by atoms with van der Waals surface area (Å²) in [7, 11) is 0. The van der Waals surface area contributed by atoms with Crippen LogP contribution in [0.25, 0.3) is 17.0 Å². The zero-order valence-electron chi connectivity index (χ0n) is 12.2. The molecule has 0 unspecified atom stereocenters. The minimum Gasteiger partial charge on any atom is -0.305 e. The second kappa shape index (κ2) is 5.50. The number of pyridine rings is 1. The SMILES string of the molecule is O=C1NC(c2ccccc2)=NC1=Cc1ccc2ccccc2n1. The van der Waals surface area contributed by atoms with Gasteiger partial charge < -0.3 is 5.32 Å². The summed E-state index contributed by atoms with van der Waals surface area (Å²) in [5, 5.41) is 3.86. The van der Waals surface area contributed by atoms with Crippen molar-refractivity contribution in [2.75, 3.05) is 0 Å². The fourth-order valence-corrected chi connectivity index (χ4v) is 2.50. The first-order chi connectivity index (χ1) is 11.3. The highest BCUT2D eigenvalue weighted by Crippen LogP contribution is 2.17. The number of fused-ring (bicyclic) bond motifs is 1. The van der Waals surface area contributed by atoms with Crippen molar-refractivity contribution in [3.63, 3.8) is 0 Å². The van der Waals surface area contributed by atoms with Gasteiger partial charge in [0, 0.05) is 10.9 Å². The number of hydrogen-bond acceptors (Lipinski definition) is 3. The molecule has 1 N–H and O–H groups in total. The highest BCUT2D eigenvalue weighted by atomic mass is 16.2. The molecule has 4 heteroatoms. The fourth-order valence-electron chi connectivity index (χ4n) is 2.50. The molecule has 0 fully saturated rings. The molecule has 4 rings (SSSR count). The summed E-state index contributed by atoms with van der Waals surface area (Å²) in [6.45, 7) is 0. The number of aliphatic imine (C=N–C) groups is 1. The first-order valence-corrected chi connectivity index (χ1v) is 7.32. The van der Waals surface area contributed by atoms with Gasteiger partial charge in [0.25, 0.3) is 5.91 Å². The Bertz CT molecular complexity index is 959. The fraction of sp³-hybridized carbons (Fsp3) is 0. The molecule has 0 saturated heterocycles. The lowest BCUT2D eigenvalue weighted by Crippen LogP contribution is -2.24. The lowest BCUT2D eigenvalue weighted by Gasteiger charge is -1.98. The van der Waals surface area contributed by atoms with E-state index in [1.54, 1.807) is 6.08 Å². The molecule has 1 amide bonds. The molecule has 0 saturated carbocycles. The van der Waals surface area contributed by atoms with Crippen LogP contribution < -0.4 is 5.32 Å². The van der Waals surface area contributed by atoms with Crippen LogP contribution in [0.4, 0.5) is 0 Å². The number of para-hydroxylation sites is 1. The van der Waals surface area contributed by atoms with E-state index in [1.807, 2.05) is 66.7 Å². The molecule has 23 heavy (non-hydrogen) atoms. The zero-order valence-corrected chi connectivity index (χ0v) is 12.2. The molecule has 3 aromatic rings. The smallest absolute Gasteiger partial charge is 0.275 e. The van der Waals surface area contributed by atoms with Gasteiger partial charge in [-0.05, 0) is 18.2 Å². The van der Waals surface area contributed by atoms with Gasteiger partial charge in [0.1, 0.15) is 11.5 Å². The number of carbonyl (C=O) groups is 1. The van der Waals surface area contributed by atoms with Gasteiger partial charge in [-0.1, -0.05) is 54.6 Å². The van der Waals surface area contributed by atoms with E-state index in [4.69, 9.17) is 0 Å². The van der Waals surface area contributed by atoms with Crippen LogP contribution in [0.5, 0.6) is 0 Å². The lowest BCUT2D eigenvalue weighted by molar-refractivity contribution is -0.115. The highest BCUT2D eigenvalue weighted by molar-refractivity contribution is 6.19. The highest BCUT2D eigenvalue weighted by Gasteiger charge is 2.20. The third-order valence-corrected chi connectivity index (χ3v) is 3.65. The topological polar surface area (TPSA) is 54.4 Å². The summed E-state index contributed by atoms with van der Waals surface area (Å²) in [6, 6.07) is 21.3. The molecule has 0 bridgehead atoms. The zero-order chi connectivity index (χ0) is 15.6. The summed E-state index contributed by atoms with van der Waals surface area (Å²) in [5.74, 6) is 0.362. The Labute approximate surface area is 133 Å². The van der Waals surface area contributed by atoms with Crippen molar-refractivity contribution in [1.82, 2.24) is 10.3 Å². The summed E-state index contributed by atoms with van der Waals surface area (Å²) >= 11 is 0. The second-order valence-electron chi connectivity index (χ2n) is 5.24. The van der Waals surface area contributed by atoms with E-state index in [2.05, 4.69) is 15.3 Å². The van der Waals surface area contributed by atoms with Crippen LogP contribution in [-0.2, 0) is 4.79 Å². The van der Waals surface area contributed by atoms with Crippen molar-refractivity contribution in [2.24, 2.45) is 4.99 Å². The van der Waals surface area contributed by atoms with Crippen LogP contribution in [0.15, 0.2) is 77.4 Å². The molecule has 4 nitrogen and oxygen atoms in total. The third kappa shape index (κ3) is 2.62. The molecule has 0 radical (unpaired) electrons. The van der Waals surface area contributed by atoms with Gasteiger partial charge in [-0.2, -0.15) is 0 Å². The predicted octanol–water partition coefficient (Wildman–Crippen LogP) is 3.15. The molecule has 0 aliphatic carbocycles. The Balaban J connectivity index is 1.72. The number of aromatic nitrogens is 1. The molecular weight excluding hydrogens is 286 g/mol.